The van der Waals surface area contributed by atoms with Gasteiger partial charge in [-0.2, -0.15) is 0 Å². The van der Waals surface area contributed by atoms with E-state index in [2.05, 4.69) is 0 Å². The van der Waals surface area contributed by atoms with Gasteiger partial charge in [-0.15, -0.1) is 11.8 Å². The smallest absolute Gasteiger partial charge is 0.349 e. The minimum atomic E-state index is -1.72. The first-order chi connectivity index (χ1) is 20.6. The molecule has 12 nitrogen and oxygen atoms in total. The molecule has 1 heterocycles. The highest BCUT2D eigenvalue weighted by Gasteiger charge is 2.63. The van der Waals surface area contributed by atoms with Crippen LogP contribution in [0.2, 0.25) is 0 Å². The van der Waals surface area contributed by atoms with Gasteiger partial charge < -0.3 is 28.4 Å². The van der Waals surface area contributed by atoms with Crippen LogP contribution in [-0.4, -0.2) is 88.0 Å². The van der Waals surface area contributed by atoms with E-state index in [9.17, 15) is 28.8 Å². The second kappa shape index (κ2) is 14.0. The molecule has 0 unspecified atom stereocenters. The van der Waals surface area contributed by atoms with E-state index in [1.165, 1.54) is 32.7 Å². The quantitative estimate of drug-likeness (QED) is 0.235. The molecule has 4 bridgehead atoms. The Kier molecular flexibility index (Phi) is 11.0. The van der Waals surface area contributed by atoms with Gasteiger partial charge >= 0.3 is 29.8 Å². The molecule has 44 heavy (non-hydrogen) atoms. The van der Waals surface area contributed by atoms with Crippen LogP contribution >= 0.6 is 23.5 Å². The number of hydrogen-bond donors (Lipinski definition) is 0. The summed E-state index contributed by atoms with van der Waals surface area (Å²) in [6.45, 7) is 5.48. The van der Waals surface area contributed by atoms with Gasteiger partial charge in [0, 0.05) is 45.8 Å². The van der Waals surface area contributed by atoms with Crippen molar-refractivity contribution in [3.63, 3.8) is 0 Å². The van der Waals surface area contributed by atoms with Crippen LogP contribution < -0.4 is 0 Å². The Balaban J connectivity index is 1.83. The highest BCUT2D eigenvalue weighted by atomic mass is 32.2. The van der Waals surface area contributed by atoms with E-state index in [4.69, 9.17) is 28.4 Å². The van der Waals surface area contributed by atoms with Crippen LogP contribution in [0.5, 0.6) is 0 Å². The van der Waals surface area contributed by atoms with Crippen LogP contribution in [-0.2, 0) is 57.2 Å². The largest absolute Gasteiger partial charge is 0.466 e. The number of carbonyl (C=O) groups excluding carboxylic acids is 6. The molecular formula is C30H42O12S2. The zero-order valence-electron chi connectivity index (χ0n) is 26.0. The summed E-state index contributed by atoms with van der Waals surface area (Å²) < 4.78 is 33.9. The number of carbonyl (C=O) groups is 6. The summed E-state index contributed by atoms with van der Waals surface area (Å²) in [6, 6.07) is 0. The van der Waals surface area contributed by atoms with Gasteiger partial charge in [-0.3, -0.25) is 24.0 Å². The molecule has 4 aliphatic carbocycles. The van der Waals surface area contributed by atoms with Crippen molar-refractivity contribution in [2.75, 3.05) is 13.7 Å². The Morgan fingerprint density at radius 1 is 0.795 bits per heavy atom. The zero-order valence-corrected chi connectivity index (χ0v) is 27.6. The molecule has 4 saturated carbocycles. The number of esters is 5. The fraction of sp³-hybridized carbons (Fsp3) is 0.800. The first-order valence-corrected chi connectivity index (χ1v) is 16.6. The van der Waals surface area contributed by atoms with Crippen LogP contribution in [0.15, 0.2) is 0 Å². The second-order valence-corrected chi connectivity index (χ2v) is 15.6. The first-order valence-electron chi connectivity index (χ1n) is 14.9. The minimum Gasteiger partial charge on any atom is -0.466 e. The summed E-state index contributed by atoms with van der Waals surface area (Å²) >= 11 is 2.18. The molecule has 14 heteroatoms. The van der Waals surface area contributed by atoms with E-state index < -0.39 is 71.1 Å². The van der Waals surface area contributed by atoms with Gasteiger partial charge in [-0.05, 0) is 56.3 Å². The van der Waals surface area contributed by atoms with Crippen LogP contribution in [0.1, 0.15) is 79.6 Å². The lowest BCUT2D eigenvalue weighted by atomic mass is 9.56. The maximum absolute atomic E-state index is 13.9. The molecule has 0 aromatic carbocycles. The van der Waals surface area contributed by atoms with E-state index in [0.717, 1.165) is 71.1 Å². The van der Waals surface area contributed by atoms with E-state index in [1.807, 2.05) is 0 Å². The van der Waals surface area contributed by atoms with E-state index in [0.29, 0.717) is 17.8 Å². The molecule has 246 valence electrons. The van der Waals surface area contributed by atoms with Gasteiger partial charge in [0.25, 0.3) is 0 Å². The van der Waals surface area contributed by atoms with Gasteiger partial charge in [0.05, 0.1) is 12.4 Å². The van der Waals surface area contributed by atoms with E-state index in [-0.39, 0.29) is 16.3 Å². The molecule has 0 N–H and O–H groups in total. The van der Waals surface area contributed by atoms with Gasteiger partial charge in [0.2, 0.25) is 4.93 Å². The van der Waals surface area contributed by atoms with Crippen molar-refractivity contribution in [2.45, 2.75) is 119 Å². The lowest BCUT2D eigenvalue weighted by Gasteiger charge is -2.59. The average Bonchev–Trinajstić information content (AvgIpc) is 2.88. The molecular weight excluding hydrogens is 616 g/mol. The standard InChI is InChI=1S/C30H42O12S2/c1-15(31)38-14-24(40-17(3)33)25(41-18(4)34)26-27(43-19(5)35)23(39-16(2)32)13-30(42-26,28(36)37-6)44-29-10-20-7-21(11-29)9-22(8-20)12-29/h20-27H,7-14H2,1-6H3/t20?,21?,22?,23-,24+,25+,26-,27+,29?,30+/m0/s1. The average molecular weight is 659 g/mol. The third-order valence-corrected chi connectivity index (χ3v) is 11.6. The summed E-state index contributed by atoms with van der Waals surface area (Å²) in [5.41, 5.74) is 0. The third-order valence-electron chi connectivity index (χ3n) is 8.73. The highest BCUT2D eigenvalue weighted by molar-refractivity contribution is 8.14. The van der Waals surface area contributed by atoms with Gasteiger partial charge in [-0.1, -0.05) is 11.8 Å². The van der Waals surface area contributed by atoms with Crippen molar-refractivity contribution in [3.05, 3.63) is 0 Å². The molecule has 0 aromatic rings. The predicted octanol–water partition coefficient (Wildman–Crippen LogP) is 3.35. The third kappa shape index (κ3) is 8.09. The topological polar surface area (TPSA) is 158 Å². The summed E-state index contributed by atoms with van der Waals surface area (Å²) in [5.74, 6) is -1.96. The Morgan fingerprint density at radius 2 is 1.36 bits per heavy atom. The number of rotatable bonds is 11. The fourth-order valence-corrected chi connectivity index (χ4v) is 11.2. The number of methoxy groups -OCH3 is 1. The van der Waals surface area contributed by atoms with Crippen molar-refractivity contribution < 1.29 is 57.2 Å². The Hall–Kier alpha value is -2.32. The monoisotopic (exact) mass is 658 g/mol. The van der Waals surface area contributed by atoms with Crippen molar-refractivity contribution in [1.29, 1.82) is 0 Å². The summed E-state index contributed by atoms with van der Waals surface area (Å²) in [7, 11) is 1.24. The van der Waals surface area contributed by atoms with E-state index in [1.54, 1.807) is 0 Å². The summed E-state index contributed by atoms with van der Waals surface area (Å²) in [6.07, 6.45) is 0.814. The van der Waals surface area contributed by atoms with Gasteiger partial charge in [0.1, 0.15) is 18.8 Å². The van der Waals surface area contributed by atoms with Crippen LogP contribution in [0.4, 0.5) is 0 Å². The second-order valence-electron chi connectivity index (χ2n) is 12.5. The maximum atomic E-state index is 13.9. The molecule has 1 aliphatic heterocycles. The Morgan fingerprint density at radius 3 is 1.82 bits per heavy atom. The van der Waals surface area contributed by atoms with Crippen molar-refractivity contribution in [3.8, 4) is 0 Å². The summed E-state index contributed by atoms with van der Waals surface area (Å²) in [5, 5.41) is -1.35. The van der Waals surface area contributed by atoms with Crippen molar-refractivity contribution in [1.82, 2.24) is 0 Å². The molecule has 1 saturated heterocycles. The van der Waals surface area contributed by atoms with Crippen LogP contribution in [0.25, 0.3) is 0 Å². The molecule has 0 spiro atoms. The molecule has 0 radical (unpaired) electrons. The fourth-order valence-electron chi connectivity index (χ4n) is 7.89. The summed E-state index contributed by atoms with van der Waals surface area (Å²) in [4.78, 5) is 73.6. The Bertz CT molecular complexity index is 1120. The molecule has 5 fully saturated rings. The van der Waals surface area contributed by atoms with Crippen LogP contribution in [0, 0.1) is 17.8 Å². The van der Waals surface area contributed by atoms with Gasteiger partial charge in [-0.25, -0.2) is 4.79 Å². The molecule has 6 atom stereocenters. The predicted molar refractivity (Wildman–Crippen MR) is 158 cm³/mol. The lowest BCUT2D eigenvalue weighted by molar-refractivity contribution is -0.215. The minimum absolute atomic E-state index is 0.123. The maximum Gasteiger partial charge on any atom is 0.349 e. The van der Waals surface area contributed by atoms with E-state index >= 15 is 0 Å². The lowest BCUT2D eigenvalue weighted by Crippen LogP contribution is -2.64. The van der Waals surface area contributed by atoms with Gasteiger partial charge in [0.15, 0.2) is 17.3 Å². The Labute approximate surface area is 265 Å². The molecule has 0 amide bonds. The molecule has 0 aromatic heterocycles. The molecule has 5 rings (SSSR count). The number of ether oxygens (including phenoxy) is 6. The van der Waals surface area contributed by atoms with Crippen molar-refractivity contribution in [2.24, 2.45) is 17.8 Å². The molecule has 5 aliphatic rings. The first kappa shape index (κ1) is 34.6. The number of hydrogen-bond acceptors (Lipinski definition) is 14. The van der Waals surface area contributed by atoms with Crippen molar-refractivity contribution >= 4 is 58.5 Å². The SMILES string of the molecule is COC(=O)[C@]1(SC23CC4CC(CC(C4)C2)C3)C[C@H](OC(C)=O)[C@@H](SC(C)=O)[C@H]([C@H](OC(C)=O)[C@@H](COC(C)=O)OC(C)=O)O1. The number of thioether (sulfide) groups is 2. The highest BCUT2D eigenvalue weighted by Crippen LogP contribution is 2.64. The normalized spacial score (nSPS) is 35.1. The van der Waals surface area contributed by atoms with Crippen LogP contribution in [0.3, 0.4) is 0 Å². The zero-order chi connectivity index (χ0) is 32.4.